The van der Waals surface area contributed by atoms with Crippen LogP contribution >= 0.6 is 0 Å². The maximum atomic E-state index is 13.0. The van der Waals surface area contributed by atoms with E-state index in [-0.39, 0.29) is 0 Å². The van der Waals surface area contributed by atoms with Crippen LogP contribution in [0.15, 0.2) is 181 Å². The molecule has 3 heterocycles. The van der Waals surface area contributed by atoms with E-state index < -0.39 is 10.8 Å². The van der Waals surface area contributed by atoms with Crippen LogP contribution in [0.3, 0.4) is 0 Å². The van der Waals surface area contributed by atoms with Crippen LogP contribution in [-0.4, -0.2) is 29.6 Å². The zero-order valence-corrected chi connectivity index (χ0v) is 32.9. The second-order valence-electron chi connectivity index (χ2n) is 14.4. The van der Waals surface area contributed by atoms with Crippen LogP contribution in [-0.2, 0) is 10.8 Å². The van der Waals surface area contributed by atoms with E-state index in [0.29, 0.717) is 5.82 Å². The van der Waals surface area contributed by atoms with Gasteiger partial charge in [-0.05, 0) is 72.0 Å². The average molecular weight is 767 g/mol. The van der Waals surface area contributed by atoms with Gasteiger partial charge in [-0.1, -0.05) is 134 Å². The number of hydrogen-bond donors (Lipinski definition) is 0. The summed E-state index contributed by atoms with van der Waals surface area (Å²) in [5, 5.41) is 5.66. The summed E-state index contributed by atoms with van der Waals surface area (Å²) in [6.07, 6.45) is 7.99. The Balaban J connectivity index is 1.36. The molecule has 278 valence electrons. The average Bonchev–Trinajstić information content (AvgIpc) is 3.79. The maximum absolute atomic E-state index is 13.0. The minimum Gasteiger partial charge on any atom is -0.309 e. The van der Waals surface area contributed by atoms with Gasteiger partial charge in [-0.15, -0.1) is 0 Å². The molecule has 10 aromatic rings. The molecule has 7 aromatic carbocycles. The topological polar surface area (TPSA) is 52.7 Å². The van der Waals surface area contributed by atoms with Gasteiger partial charge in [0.15, 0.2) is 5.82 Å². The number of nitrogens with zero attached hydrogens (tertiary/aromatic N) is 4. The predicted molar refractivity (Wildman–Crippen MR) is 244 cm³/mol. The Morgan fingerprint density at radius 2 is 1.24 bits per heavy atom. The van der Waals surface area contributed by atoms with Crippen molar-refractivity contribution in [2.75, 3.05) is 6.26 Å². The van der Waals surface area contributed by atoms with Crippen molar-refractivity contribution in [3.63, 3.8) is 0 Å². The first-order chi connectivity index (χ1) is 28.5. The Morgan fingerprint density at radius 1 is 0.603 bits per heavy atom. The van der Waals surface area contributed by atoms with E-state index in [1.165, 1.54) is 0 Å². The molecule has 0 spiro atoms. The lowest BCUT2D eigenvalue weighted by atomic mass is 9.96. The SMILES string of the molecule is C=Cc1c(/C=C\C)c2c3c(ccc2n1-c1cc(-c2ccccc2)nc(-c2ccccc2)n1)ccc1c3c2cc(-c3ccccc3S(C)=O)ccc2n1-c1ccccc1. The molecule has 0 saturated carbocycles. The number of fused-ring (bicyclic) bond motifs is 7. The highest BCUT2D eigenvalue weighted by Gasteiger charge is 2.24. The second-order valence-corrected chi connectivity index (χ2v) is 15.7. The smallest absolute Gasteiger partial charge is 0.162 e. The van der Waals surface area contributed by atoms with Crippen molar-refractivity contribution in [2.24, 2.45) is 0 Å². The molecule has 0 bridgehead atoms. The van der Waals surface area contributed by atoms with Gasteiger partial charge < -0.3 is 4.57 Å². The van der Waals surface area contributed by atoms with Gasteiger partial charge in [0, 0.05) is 61.1 Å². The largest absolute Gasteiger partial charge is 0.309 e. The second kappa shape index (κ2) is 14.4. The molecule has 10 rings (SSSR count). The van der Waals surface area contributed by atoms with Gasteiger partial charge in [-0.2, -0.15) is 0 Å². The minimum absolute atomic E-state index is 0.649. The van der Waals surface area contributed by atoms with Gasteiger partial charge in [0.1, 0.15) is 5.82 Å². The first kappa shape index (κ1) is 35.3. The highest BCUT2D eigenvalue weighted by molar-refractivity contribution is 7.84. The quantitative estimate of drug-likeness (QED) is 0.155. The molecule has 1 atom stereocenters. The van der Waals surface area contributed by atoms with E-state index >= 15 is 0 Å². The summed E-state index contributed by atoms with van der Waals surface area (Å²) in [7, 11) is -1.16. The van der Waals surface area contributed by atoms with E-state index in [9.17, 15) is 4.21 Å². The molecule has 0 fully saturated rings. The normalized spacial score (nSPS) is 12.3. The van der Waals surface area contributed by atoms with E-state index in [1.54, 1.807) is 6.26 Å². The van der Waals surface area contributed by atoms with Gasteiger partial charge in [-0.3, -0.25) is 8.78 Å². The van der Waals surface area contributed by atoms with Gasteiger partial charge in [-0.25, -0.2) is 9.97 Å². The van der Waals surface area contributed by atoms with Crippen molar-refractivity contribution in [1.82, 2.24) is 19.1 Å². The van der Waals surface area contributed by atoms with Crippen molar-refractivity contribution in [3.05, 3.63) is 188 Å². The van der Waals surface area contributed by atoms with Gasteiger partial charge in [0.05, 0.1) is 38.7 Å². The summed E-state index contributed by atoms with van der Waals surface area (Å²) < 4.78 is 17.6. The van der Waals surface area contributed by atoms with E-state index in [4.69, 9.17) is 9.97 Å². The molecule has 0 N–H and O–H groups in total. The number of benzene rings is 7. The van der Waals surface area contributed by atoms with Crippen LogP contribution in [0.25, 0.3) is 101 Å². The molecule has 0 saturated heterocycles. The van der Waals surface area contributed by atoms with Gasteiger partial charge in [0.25, 0.3) is 0 Å². The minimum atomic E-state index is -1.16. The maximum Gasteiger partial charge on any atom is 0.162 e. The van der Waals surface area contributed by atoms with Gasteiger partial charge >= 0.3 is 0 Å². The first-order valence-electron chi connectivity index (χ1n) is 19.4. The summed E-state index contributed by atoms with van der Waals surface area (Å²) in [5.41, 5.74) is 11.1. The molecule has 3 aromatic heterocycles. The van der Waals surface area contributed by atoms with Crippen LogP contribution in [0, 0.1) is 0 Å². The predicted octanol–water partition coefficient (Wildman–Crippen LogP) is 13.1. The van der Waals surface area contributed by atoms with Crippen molar-refractivity contribution in [1.29, 1.82) is 0 Å². The molecular formula is C52H38N4OS. The zero-order valence-electron chi connectivity index (χ0n) is 32.1. The summed E-state index contributed by atoms with van der Waals surface area (Å²) in [6.45, 7) is 6.45. The summed E-state index contributed by atoms with van der Waals surface area (Å²) >= 11 is 0. The summed E-state index contributed by atoms with van der Waals surface area (Å²) in [6, 6.07) is 56.7. The summed E-state index contributed by atoms with van der Waals surface area (Å²) in [4.78, 5) is 11.2. The molecular weight excluding hydrogens is 729 g/mol. The van der Waals surface area contributed by atoms with Crippen LogP contribution in [0.1, 0.15) is 18.2 Å². The van der Waals surface area contributed by atoms with Crippen LogP contribution in [0.5, 0.6) is 0 Å². The third-order valence-electron chi connectivity index (χ3n) is 11.0. The number of para-hydroxylation sites is 1. The fourth-order valence-corrected chi connectivity index (χ4v) is 9.30. The lowest BCUT2D eigenvalue weighted by molar-refractivity contribution is 0.687. The zero-order chi connectivity index (χ0) is 39.3. The Hall–Kier alpha value is -7.15. The molecule has 58 heavy (non-hydrogen) atoms. The molecule has 5 nitrogen and oxygen atoms in total. The van der Waals surface area contributed by atoms with E-state index in [0.717, 1.165) is 99.1 Å². The third-order valence-corrected chi connectivity index (χ3v) is 12.0. The van der Waals surface area contributed by atoms with E-state index in [1.807, 2.05) is 60.7 Å². The van der Waals surface area contributed by atoms with Crippen molar-refractivity contribution < 1.29 is 4.21 Å². The highest BCUT2D eigenvalue weighted by Crippen LogP contribution is 2.45. The molecule has 0 aliphatic heterocycles. The fourth-order valence-electron chi connectivity index (χ4n) is 8.54. The molecule has 6 heteroatoms. The van der Waals surface area contributed by atoms with Crippen molar-refractivity contribution >= 4 is 66.4 Å². The van der Waals surface area contributed by atoms with Crippen LogP contribution in [0.4, 0.5) is 0 Å². The monoisotopic (exact) mass is 766 g/mol. The third kappa shape index (κ3) is 5.72. The fraction of sp³-hybridized carbons (Fsp3) is 0.0385. The molecule has 0 aliphatic rings. The van der Waals surface area contributed by atoms with Crippen molar-refractivity contribution in [2.45, 2.75) is 11.8 Å². The highest BCUT2D eigenvalue weighted by atomic mass is 32.2. The Labute approximate surface area is 339 Å². The molecule has 0 aliphatic carbocycles. The number of allylic oxidation sites excluding steroid dienone is 1. The molecule has 0 radical (unpaired) electrons. The number of aromatic nitrogens is 4. The molecule has 0 amide bonds. The standard InChI is InChI=1S/C52H38N4OS/c1-4-17-40-43(5-2)56(48-33-42(34-18-9-6-10-19-34)53-52(54-48)36-20-11-7-12-21-36)46-31-27-35-26-30-45-51(49(35)50(40)46)41-32-37(39-24-15-16-25-47(39)58(3)57)28-29-44(41)55(45)38-22-13-8-14-23-38/h4-33H,2H2,1,3H3/b17-4-. The van der Waals surface area contributed by atoms with Crippen LogP contribution in [0.2, 0.25) is 0 Å². The number of hydrogen-bond acceptors (Lipinski definition) is 3. The molecule has 1 unspecified atom stereocenters. The lowest BCUT2D eigenvalue weighted by Crippen LogP contribution is -2.04. The van der Waals surface area contributed by atoms with E-state index in [2.05, 4.69) is 144 Å². The Morgan fingerprint density at radius 3 is 1.93 bits per heavy atom. The van der Waals surface area contributed by atoms with Crippen LogP contribution < -0.4 is 0 Å². The first-order valence-corrected chi connectivity index (χ1v) is 20.9. The Bertz CT molecular complexity index is 3210. The summed E-state index contributed by atoms with van der Waals surface area (Å²) in [5.74, 6) is 1.41. The lowest BCUT2D eigenvalue weighted by Gasteiger charge is -2.13. The van der Waals surface area contributed by atoms with Crippen molar-refractivity contribution in [3.8, 4) is 45.3 Å². The Kier molecular flexibility index (Phi) is 8.77. The van der Waals surface area contributed by atoms with Gasteiger partial charge in [0.2, 0.25) is 0 Å². The number of rotatable bonds is 8.